The van der Waals surface area contributed by atoms with Crippen molar-refractivity contribution in [1.29, 1.82) is 0 Å². The predicted molar refractivity (Wildman–Crippen MR) is 103 cm³/mol. The van der Waals surface area contributed by atoms with Gasteiger partial charge in [0.25, 0.3) is 0 Å². The van der Waals surface area contributed by atoms with Crippen molar-refractivity contribution in [2.24, 2.45) is 0 Å². The van der Waals surface area contributed by atoms with Crippen molar-refractivity contribution < 1.29 is 14.2 Å². The minimum Gasteiger partial charge on any atom is -0.481 e. The summed E-state index contributed by atoms with van der Waals surface area (Å²) in [5, 5.41) is 17.1. The van der Waals surface area contributed by atoms with Crippen LogP contribution < -0.4 is 10.1 Å². The third-order valence-electron chi connectivity index (χ3n) is 4.38. The van der Waals surface area contributed by atoms with Crippen molar-refractivity contribution in [1.82, 2.24) is 29.5 Å². The molecule has 4 rings (SSSR count). The molecule has 0 aliphatic heterocycles. The minimum atomic E-state index is -0.446. The Kier molecular flexibility index (Phi) is 5.00. The Hall–Kier alpha value is -3.66. The Bertz CT molecular complexity index is 1160. The molecule has 2 N–H and O–H groups in total. The largest absolute Gasteiger partial charge is 0.481 e. The summed E-state index contributed by atoms with van der Waals surface area (Å²) in [7, 11) is 1.49. The van der Waals surface area contributed by atoms with Crippen LogP contribution in [0.5, 0.6) is 5.88 Å². The molecule has 148 valence electrons. The molecule has 0 aliphatic rings. The maximum absolute atomic E-state index is 13.6. The first-order valence-corrected chi connectivity index (χ1v) is 8.82. The molecule has 4 aromatic heterocycles. The summed E-state index contributed by atoms with van der Waals surface area (Å²) < 4.78 is 20.5. The molecule has 0 unspecified atom stereocenters. The fourth-order valence-electron chi connectivity index (χ4n) is 2.97. The number of aliphatic hydroxyl groups is 1. The second-order valence-electron chi connectivity index (χ2n) is 6.30. The number of rotatable bonds is 6. The summed E-state index contributed by atoms with van der Waals surface area (Å²) in [4.78, 5) is 16.5. The van der Waals surface area contributed by atoms with E-state index in [1.807, 2.05) is 6.92 Å². The van der Waals surface area contributed by atoms with Gasteiger partial charge in [0, 0.05) is 5.56 Å². The Morgan fingerprint density at radius 3 is 2.83 bits per heavy atom. The Morgan fingerprint density at radius 2 is 2.03 bits per heavy atom. The monoisotopic (exact) mass is 395 g/mol. The fraction of sp³-hybridized carbons (Fsp3) is 0.211. The van der Waals surface area contributed by atoms with Crippen molar-refractivity contribution in [2.45, 2.75) is 19.6 Å². The molecule has 10 heteroatoms. The number of methoxy groups -OCH3 is 1. The molecular formula is C19H18FN7O2. The van der Waals surface area contributed by atoms with Crippen molar-refractivity contribution >= 4 is 11.5 Å². The highest BCUT2D eigenvalue weighted by atomic mass is 19.1. The predicted octanol–water partition coefficient (Wildman–Crippen LogP) is 2.39. The van der Waals surface area contributed by atoms with Crippen LogP contribution in [0.3, 0.4) is 0 Å². The van der Waals surface area contributed by atoms with E-state index in [1.165, 1.54) is 19.5 Å². The number of hydrogen-bond donors (Lipinski definition) is 2. The second-order valence-corrected chi connectivity index (χ2v) is 6.30. The molecule has 1 atom stereocenters. The number of fused-ring (bicyclic) bond motifs is 1. The van der Waals surface area contributed by atoms with E-state index in [9.17, 15) is 9.50 Å². The standard InChI is InChI=1S/C19H18FN7O2/c1-11(14-5-12(20)7-22-19(14)29-2)25-17-3-4-18-21-8-16(27(18)26-17)15-6-13(9-28)23-10-24-15/h3-8,10-11,28H,9H2,1-2H3,(H,25,26)/t11-/m1/s1. The lowest BCUT2D eigenvalue weighted by atomic mass is 10.1. The number of aliphatic hydroxyl groups excluding tert-OH is 1. The lowest BCUT2D eigenvalue weighted by Gasteiger charge is -2.17. The number of ether oxygens (including phenoxy) is 1. The zero-order chi connectivity index (χ0) is 20.4. The summed E-state index contributed by atoms with van der Waals surface area (Å²) in [6, 6.07) is 6.32. The van der Waals surface area contributed by atoms with Crippen molar-refractivity contribution in [3.63, 3.8) is 0 Å². The van der Waals surface area contributed by atoms with E-state index in [0.717, 1.165) is 6.20 Å². The van der Waals surface area contributed by atoms with E-state index in [2.05, 4.69) is 30.4 Å². The molecular weight excluding hydrogens is 377 g/mol. The van der Waals surface area contributed by atoms with Crippen LogP contribution in [0, 0.1) is 5.82 Å². The summed E-state index contributed by atoms with van der Waals surface area (Å²) in [5.74, 6) is 0.443. The van der Waals surface area contributed by atoms with Crippen LogP contribution in [0.15, 0.2) is 43.0 Å². The lowest BCUT2D eigenvalue weighted by Crippen LogP contribution is -2.12. The zero-order valence-corrected chi connectivity index (χ0v) is 15.7. The Labute approximate surface area is 165 Å². The van der Waals surface area contributed by atoms with Gasteiger partial charge in [-0.3, -0.25) is 0 Å². The molecule has 0 aliphatic carbocycles. The summed E-state index contributed by atoms with van der Waals surface area (Å²) in [6.45, 7) is 1.67. The molecule has 9 nitrogen and oxygen atoms in total. The van der Waals surface area contributed by atoms with Crippen LogP contribution in [0.2, 0.25) is 0 Å². The minimum absolute atomic E-state index is 0.187. The van der Waals surface area contributed by atoms with Crippen LogP contribution >= 0.6 is 0 Å². The van der Waals surface area contributed by atoms with E-state index in [-0.39, 0.29) is 12.6 Å². The van der Waals surface area contributed by atoms with Gasteiger partial charge in [-0.15, -0.1) is 5.10 Å². The number of nitrogens with one attached hydrogen (secondary N) is 1. The molecule has 4 aromatic rings. The number of halogens is 1. The first kappa shape index (κ1) is 18.7. The third-order valence-corrected chi connectivity index (χ3v) is 4.38. The quantitative estimate of drug-likeness (QED) is 0.512. The highest BCUT2D eigenvalue weighted by Crippen LogP contribution is 2.26. The van der Waals surface area contributed by atoms with Crippen LogP contribution in [0.1, 0.15) is 24.2 Å². The number of imidazole rings is 1. The highest BCUT2D eigenvalue weighted by Gasteiger charge is 2.16. The van der Waals surface area contributed by atoms with Gasteiger partial charge >= 0.3 is 0 Å². The molecule has 0 radical (unpaired) electrons. The summed E-state index contributed by atoms with van der Waals surface area (Å²) in [5.41, 5.74) is 2.94. The van der Waals surface area contributed by atoms with Gasteiger partial charge in [0.05, 0.1) is 43.5 Å². The van der Waals surface area contributed by atoms with Crippen LogP contribution in [0.25, 0.3) is 17.0 Å². The maximum Gasteiger partial charge on any atom is 0.218 e. The van der Waals surface area contributed by atoms with Crippen LogP contribution in [-0.4, -0.2) is 41.8 Å². The molecule has 4 heterocycles. The molecule has 0 aromatic carbocycles. The molecule has 0 amide bonds. The van der Waals surface area contributed by atoms with E-state index < -0.39 is 5.82 Å². The van der Waals surface area contributed by atoms with Crippen molar-refractivity contribution in [3.05, 3.63) is 60.1 Å². The number of anilines is 1. The number of aromatic nitrogens is 6. The van der Waals surface area contributed by atoms with Crippen molar-refractivity contribution in [2.75, 3.05) is 12.4 Å². The summed E-state index contributed by atoms with van der Waals surface area (Å²) >= 11 is 0. The van der Waals surface area contributed by atoms with E-state index in [0.29, 0.717) is 40.0 Å². The van der Waals surface area contributed by atoms with Gasteiger partial charge in [-0.1, -0.05) is 0 Å². The zero-order valence-electron chi connectivity index (χ0n) is 15.7. The lowest BCUT2D eigenvalue weighted by molar-refractivity contribution is 0.276. The highest BCUT2D eigenvalue weighted by molar-refractivity contribution is 5.60. The van der Waals surface area contributed by atoms with Gasteiger partial charge in [-0.2, -0.15) is 0 Å². The number of pyridine rings is 1. The van der Waals surface area contributed by atoms with Crippen LogP contribution in [0.4, 0.5) is 10.2 Å². The smallest absolute Gasteiger partial charge is 0.218 e. The Balaban J connectivity index is 1.68. The van der Waals surface area contributed by atoms with E-state index in [1.54, 1.807) is 28.9 Å². The second kappa shape index (κ2) is 7.76. The van der Waals surface area contributed by atoms with Crippen molar-refractivity contribution in [3.8, 4) is 17.3 Å². The summed E-state index contributed by atoms with van der Waals surface area (Å²) in [6.07, 6.45) is 4.14. The first-order chi connectivity index (χ1) is 14.1. The number of nitrogens with zero attached hydrogens (tertiary/aromatic N) is 6. The molecule has 0 fully saturated rings. The van der Waals surface area contributed by atoms with Crippen LogP contribution in [-0.2, 0) is 6.61 Å². The number of hydrogen-bond acceptors (Lipinski definition) is 8. The topological polar surface area (TPSA) is 110 Å². The third kappa shape index (κ3) is 3.69. The van der Waals surface area contributed by atoms with Gasteiger partial charge < -0.3 is 15.2 Å². The first-order valence-electron chi connectivity index (χ1n) is 8.82. The maximum atomic E-state index is 13.6. The normalized spacial score (nSPS) is 12.1. The van der Waals surface area contributed by atoms with Gasteiger partial charge in [0.2, 0.25) is 5.88 Å². The Morgan fingerprint density at radius 1 is 1.17 bits per heavy atom. The SMILES string of the molecule is COc1ncc(F)cc1[C@@H](C)Nc1ccc2ncc(-c3cc(CO)ncn3)n2n1. The van der Waals surface area contributed by atoms with Gasteiger partial charge in [0.1, 0.15) is 23.7 Å². The van der Waals surface area contributed by atoms with Gasteiger partial charge in [-0.05, 0) is 31.2 Å². The van der Waals surface area contributed by atoms with E-state index in [4.69, 9.17) is 4.74 Å². The molecule has 29 heavy (non-hydrogen) atoms. The average molecular weight is 395 g/mol. The van der Waals surface area contributed by atoms with Gasteiger partial charge in [0.15, 0.2) is 5.65 Å². The van der Waals surface area contributed by atoms with E-state index >= 15 is 0 Å². The molecule has 0 saturated heterocycles. The molecule has 0 bridgehead atoms. The fourth-order valence-corrected chi connectivity index (χ4v) is 2.97. The average Bonchev–Trinajstić information content (AvgIpc) is 3.17. The molecule has 0 spiro atoms. The molecule has 0 saturated carbocycles. The van der Waals surface area contributed by atoms with Gasteiger partial charge in [-0.25, -0.2) is 28.8 Å².